The summed E-state index contributed by atoms with van der Waals surface area (Å²) in [5, 5.41) is 0.623. The number of amides is 3. The van der Waals surface area contributed by atoms with Crippen molar-refractivity contribution in [3.63, 3.8) is 0 Å². The quantitative estimate of drug-likeness (QED) is 0.836. The van der Waals surface area contributed by atoms with Crippen molar-refractivity contribution < 1.29 is 22.8 Å². The van der Waals surface area contributed by atoms with Crippen LogP contribution in [0.5, 0.6) is 0 Å². The van der Waals surface area contributed by atoms with Crippen LogP contribution in [0.15, 0.2) is 24.3 Å². The smallest absolute Gasteiger partial charge is 0.350 e. The zero-order valence-corrected chi connectivity index (χ0v) is 11.6. The number of urea groups is 1. The van der Waals surface area contributed by atoms with Crippen molar-refractivity contribution in [2.24, 2.45) is 5.73 Å². The minimum atomic E-state index is -4.41. The van der Waals surface area contributed by atoms with E-state index in [1.165, 1.54) is 12.1 Å². The molecule has 21 heavy (non-hydrogen) atoms. The third kappa shape index (κ3) is 5.07. The van der Waals surface area contributed by atoms with Gasteiger partial charge in [-0.05, 0) is 25.0 Å². The van der Waals surface area contributed by atoms with Crippen molar-refractivity contribution in [1.82, 2.24) is 10.4 Å². The molecule has 3 N–H and O–H groups in total. The van der Waals surface area contributed by atoms with E-state index in [0.717, 1.165) is 19.1 Å². The SMILES string of the molecule is CC(=O)N(NC(C)Cc1cccc(C(F)(F)F)c1)C(N)=O. The number of carbonyl (C=O) groups excluding carboxylic acids is 2. The van der Waals surface area contributed by atoms with Crippen LogP contribution in [0, 0.1) is 0 Å². The topological polar surface area (TPSA) is 75.4 Å². The van der Waals surface area contributed by atoms with Gasteiger partial charge in [-0.3, -0.25) is 4.79 Å². The van der Waals surface area contributed by atoms with E-state index in [1.807, 2.05) is 0 Å². The van der Waals surface area contributed by atoms with Crippen LogP contribution in [0.2, 0.25) is 0 Å². The Bertz CT molecular complexity index is 518. The van der Waals surface area contributed by atoms with E-state index in [0.29, 0.717) is 10.6 Å². The molecule has 0 aliphatic carbocycles. The molecule has 116 valence electrons. The minimum Gasteiger partial charge on any atom is -0.350 e. The Morgan fingerprint density at radius 1 is 1.38 bits per heavy atom. The third-order valence-electron chi connectivity index (χ3n) is 2.68. The van der Waals surface area contributed by atoms with Gasteiger partial charge in [-0.2, -0.15) is 18.2 Å². The molecule has 1 unspecified atom stereocenters. The van der Waals surface area contributed by atoms with E-state index in [2.05, 4.69) is 5.43 Å². The lowest BCUT2D eigenvalue weighted by molar-refractivity contribution is -0.137. The molecule has 0 radical (unpaired) electrons. The first kappa shape index (κ1) is 17.0. The highest BCUT2D eigenvalue weighted by molar-refractivity contribution is 5.91. The summed E-state index contributed by atoms with van der Waals surface area (Å²) < 4.78 is 37.8. The molecule has 0 bridgehead atoms. The summed E-state index contributed by atoms with van der Waals surface area (Å²) in [5.74, 6) is -0.599. The van der Waals surface area contributed by atoms with Crippen LogP contribution in [-0.2, 0) is 17.4 Å². The molecular weight excluding hydrogens is 287 g/mol. The van der Waals surface area contributed by atoms with Crippen LogP contribution in [0.25, 0.3) is 0 Å². The first-order chi connectivity index (χ1) is 9.61. The average molecular weight is 303 g/mol. The van der Waals surface area contributed by atoms with Crippen LogP contribution >= 0.6 is 0 Å². The molecule has 0 saturated carbocycles. The number of hydrogen-bond acceptors (Lipinski definition) is 3. The lowest BCUT2D eigenvalue weighted by Gasteiger charge is -2.23. The highest BCUT2D eigenvalue weighted by atomic mass is 19.4. The molecule has 1 rings (SSSR count). The Morgan fingerprint density at radius 3 is 2.48 bits per heavy atom. The Labute approximate surface area is 119 Å². The van der Waals surface area contributed by atoms with Gasteiger partial charge in [0.15, 0.2) is 0 Å². The Hall–Kier alpha value is -2.09. The first-order valence-corrected chi connectivity index (χ1v) is 6.13. The van der Waals surface area contributed by atoms with Crippen LogP contribution in [0.1, 0.15) is 25.0 Å². The second kappa shape index (κ2) is 6.57. The van der Waals surface area contributed by atoms with E-state index in [9.17, 15) is 22.8 Å². The predicted molar refractivity (Wildman–Crippen MR) is 69.8 cm³/mol. The van der Waals surface area contributed by atoms with Gasteiger partial charge >= 0.3 is 12.2 Å². The van der Waals surface area contributed by atoms with Gasteiger partial charge in [0, 0.05) is 13.0 Å². The summed E-state index contributed by atoms with van der Waals surface area (Å²) in [7, 11) is 0. The van der Waals surface area contributed by atoms with E-state index in [1.54, 1.807) is 6.92 Å². The van der Waals surface area contributed by atoms with Crippen LogP contribution in [0.3, 0.4) is 0 Å². The van der Waals surface area contributed by atoms with E-state index >= 15 is 0 Å². The molecule has 0 aromatic heterocycles. The summed E-state index contributed by atoms with van der Waals surface area (Å²) in [4.78, 5) is 22.2. The Kier molecular flexibility index (Phi) is 5.31. The zero-order chi connectivity index (χ0) is 16.2. The maximum atomic E-state index is 12.6. The third-order valence-corrected chi connectivity index (χ3v) is 2.68. The van der Waals surface area contributed by atoms with Gasteiger partial charge in [-0.25, -0.2) is 10.2 Å². The summed E-state index contributed by atoms with van der Waals surface area (Å²) in [6.07, 6.45) is -4.22. The van der Waals surface area contributed by atoms with Crippen molar-refractivity contribution in [1.29, 1.82) is 0 Å². The van der Waals surface area contributed by atoms with Gasteiger partial charge in [0.25, 0.3) is 0 Å². The largest absolute Gasteiger partial charge is 0.416 e. The van der Waals surface area contributed by atoms with Crippen molar-refractivity contribution >= 4 is 11.9 Å². The fourth-order valence-corrected chi connectivity index (χ4v) is 1.80. The summed E-state index contributed by atoms with van der Waals surface area (Å²) in [6.45, 7) is 2.77. The Balaban J connectivity index is 2.77. The normalized spacial score (nSPS) is 12.8. The fourth-order valence-electron chi connectivity index (χ4n) is 1.80. The van der Waals surface area contributed by atoms with E-state index in [4.69, 9.17) is 5.73 Å². The molecule has 1 aromatic carbocycles. The molecule has 0 aliphatic heterocycles. The number of nitrogens with zero attached hydrogens (tertiary/aromatic N) is 1. The number of carbonyl (C=O) groups is 2. The van der Waals surface area contributed by atoms with Gasteiger partial charge in [-0.1, -0.05) is 18.2 Å². The molecule has 3 amide bonds. The molecule has 0 spiro atoms. The number of imide groups is 1. The van der Waals surface area contributed by atoms with Crippen LogP contribution < -0.4 is 11.2 Å². The highest BCUT2D eigenvalue weighted by Crippen LogP contribution is 2.29. The number of primary amides is 1. The number of alkyl halides is 3. The average Bonchev–Trinajstić information content (AvgIpc) is 2.34. The van der Waals surface area contributed by atoms with Crippen LogP contribution in [-0.4, -0.2) is 23.0 Å². The molecule has 8 heteroatoms. The van der Waals surface area contributed by atoms with Crippen molar-refractivity contribution in [2.45, 2.75) is 32.5 Å². The number of hydrazine groups is 1. The van der Waals surface area contributed by atoms with Gasteiger partial charge in [0.05, 0.1) is 5.56 Å². The predicted octanol–water partition coefficient (Wildman–Crippen LogP) is 2.07. The summed E-state index contributed by atoms with van der Waals surface area (Å²) >= 11 is 0. The zero-order valence-electron chi connectivity index (χ0n) is 11.6. The van der Waals surface area contributed by atoms with Crippen molar-refractivity contribution in [3.05, 3.63) is 35.4 Å². The fraction of sp³-hybridized carbons (Fsp3) is 0.385. The minimum absolute atomic E-state index is 0.195. The van der Waals surface area contributed by atoms with Gasteiger partial charge < -0.3 is 5.73 Å². The van der Waals surface area contributed by atoms with Gasteiger partial charge in [0.2, 0.25) is 5.91 Å². The van der Waals surface area contributed by atoms with Crippen LogP contribution in [0.4, 0.5) is 18.0 Å². The number of benzene rings is 1. The monoisotopic (exact) mass is 303 g/mol. The summed E-state index contributed by atoms with van der Waals surface area (Å²) in [6, 6.07) is 3.42. The first-order valence-electron chi connectivity index (χ1n) is 6.13. The number of halogens is 3. The van der Waals surface area contributed by atoms with E-state index < -0.39 is 29.7 Å². The van der Waals surface area contributed by atoms with Crippen molar-refractivity contribution in [3.8, 4) is 0 Å². The molecule has 1 aromatic rings. The number of nitrogens with one attached hydrogen (secondary N) is 1. The van der Waals surface area contributed by atoms with Gasteiger partial charge in [0.1, 0.15) is 0 Å². The number of hydrogen-bond donors (Lipinski definition) is 2. The molecule has 1 atom stereocenters. The maximum absolute atomic E-state index is 12.6. The molecule has 0 fully saturated rings. The molecule has 0 heterocycles. The molecule has 0 saturated heterocycles. The maximum Gasteiger partial charge on any atom is 0.416 e. The van der Waals surface area contributed by atoms with E-state index in [-0.39, 0.29) is 6.42 Å². The molecule has 5 nitrogen and oxygen atoms in total. The number of rotatable bonds is 4. The molecular formula is C13H16F3N3O2. The van der Waals surface area contributed by atoms with Crippen molar-refractivity contribution in [2.75, 3.05) is 0 Å². The standard InChI is InChI=1S/C13H16F3N3O2/c1-8(18-19(9(2)20)12(17)21)6-10-4-3-5-11(7-10)13(14,15)16/h3-5,7-8,18H,6H2,1-2H3,(H2,17,21). The second-order valence-corrected chi connectivity index (χ2v) is 4.63. The number of nitrogens with two attached hydrogens (primary N) is 1. The second-order valence-electron chi connectivity index (χ2n) is 4.63. The van der Waals surface area contributed by atoms with Gasteiger partial charge in [-0.15, -0.1) is 0 Å². The lowest BCUT2D eigenvalue weighted by Crippen LogP contribution is -2.52. The lowest BCUT2D eigenvalue weighted by atomic mass is 10.0. The Morgan fingerprint density at radius 2 is 2.00 bits per heavy atom. The molecule has 0 aliphatic rings. The summed E-state index contributed by atoms with van der Waals surface area (Å²) in [5.41, 5.74) is 7.25. The highest BCUT2D eigenvalue weighted by Gasteiger charge is 2.30.